The lowest BCUT2D eigenvalue weighted by molar-refractivity contribution is 0.597. The first-order chi connectivity index (χ1) is 9.66. The molecule has 0 aliphatic carbocycles. The Labute approximate surface area is 125 Å². The van der Waals surface area contributed by atoms with Crippen molar-refractivity contribution in [1.82, 2.24) is 24.7 Å². The smallest absolute Gasteiger partial charge is 0.195 e. The van der Waals surface area contributed by atoms with Crippen LogP contribution in [-0.2, 0) is 0 Å². The Kier molecular flexibility index (Phi) is 3.45. The molecular formula is C13H13N5S2. The maximum absolute atomic E-state index is 5.27. The van der Waals surface area contributed by atoms with Crippen LogP contribution < -0.4 is 0 Å². The van der Waals surface area contributed by atoms with Crippen LogP contribution in [0, 0.1) is 4.77 Å². The molecule has 3 rings (SSSR count). The van der Waals surface area contributed by atoms with Crippen LogP contribution >= 0.6 is 23.6 Å². The highest BCUT2D eigenvalue weighted by Gasteiger charge is 2.15. The molecule has 0 aliphatic heterocycles. The van der Waals surface area contributed by atoms with Gasteiger partial charge >= 0.3 is 0 Å². The molecule has 0 spiro atoms. The third kappa shape index (κ3) is 2.30. The maximum atomic E-state index is 5.27. The van der Waals surface area contributed by atoms with Crippen molar-refractivity contribution in [3.05, 3.63) is 35.4 Å². The van der Waals surface area contributed by atoms with Gasteiger partial charge in [-0.3, -0.25) is 14.6 Å². The molecule has 3 heterocycles. The third-order valence-electron chi connectivity index (χ3n) is 2.83. The first-order valence-corrected chi connectivity index (χ1v) is 7.44. The predicted molar refractivity (Wildman–Crippen MR) is 82.1 cm³/mol. The molecular weight excluding hydrogens is 290 g/mol. The summed E-state index contributed by atoms with van der Waals surface area (Å²) in [6, 6.07) is 6.04. The van der Waals surface area contributed by atoms with E-state index in [9.17, 15) is 0 Å². The number of aromatic amines is 1. The van der Waals surface area contributed by atoms with Gasteiger partial charge in [0.25, 0.3) is 0 Å². The molecule has 102 valence electrons. The van der Waals surface area contributed by atoms with Gasteiger partial charge in [-0.2, -0.15) is 5.10 Å². The fourth-order valence-electron chi connectivity index (χ4n) is 1.94. The van der Waals surface area contributed by atoms with Crippen LogP contribution in [-0.4, -0.2) is 24.7 Å². The van der Waals surface area contributed by atoms with Crippen LogP contribution in [0.3, 0.4) is 0 Å². The van der Waals surface area contributed by atoms with Gasteiger partial charge in [0.05, 0.1) is 10.6 Å². The van der Waals surface area contributed by atoms with Crippen LogP contribution in [0.15, 0.2) is 30.6 Å². The maximum Gasteiger partial charge on any atom is 0.195 e. The monoisotopic (exact) mass is 303 g/mol. The van der Waals surface area contributed by atoms with Gasteiger partial charge in [-0.25, -0.2) is 4.98 Å². The molecule has 0 amide bonds. The number of nitrogens with one attached hydrogen (secondary N) is 1. The van der Waals surface area contributed by atoms with E-state index in [1.165, 1.54) is 0 Å². The van der Waals surface area contributed by atoms with Crippen LogP contribution in [0.25, 0.3) is 21.4 Å². The zero-order chi connectivity index (χ0) is 14.1. The van der Waals surface area contributed by atoms with E-state index in [4.69, 9.17) is 12.2 Å². The van der Waals surface area contributed by atoms with E-state index in [2.05, 4.69) is 34.0 Å². The Morgan fingerprint density at radius 1 is 1.30 bits per heavy atom. The number of rotatable bonds is 3. The highest BCUT2D eigenvalue weighted by Crippen LogP contribution is 2.31. The fourth-order valence-corrected chi connectivity index (χ4v) is 3.17. The normalized spacial score (nSPS) is 11.2. The average molecular weight is 303 g/mol. The topological polar surface area (TPSA) is 59.4 Å². The van der Waals surface area contributed by atoms with Crippen LogP contribution in [0.2, 0.25) is 0 Å². The molecule has 0 saturated heterocycles. The highest BCUT2D eigenvalue weighted by molar-refractivity contribution is 7.71. The second-order valence-corrected chi connectivity index (χ2v) is 5.98. The van der Waals surface area contributed by atoms with Gasteiger partial charge in [-0.15, -0.1) is 11.3 Å². The summed E-state index contributed by atoms with van der Waals surface area (Å²) in [5.41, 5.74) is 0.869. The Morgan fingerprint density at radius 2 is 2.15 bits per heavy atom. The minimum atomic E-state index is 0.247. The van der Waals surface area contributed by atoms with E-state index in [0.29, 0.717) is 4.77 Å². The van der Waals surface area contributed by atoms with Crippen molar-refractivity contribution < 1.29 is 0 Å². The Hall–Kier alpha value is -1.86. The fraction of sp³-hybridized carbons (Fsp3) is 0.231. The number of thiazole rings is 1. The van der Waals surface area contributed by atoms with Crippen molar-refractivity contribution in [3.63, 3.8) is 0 Å². The van der Waals surface area contributed by atoms with Crippen molar-refractivity contribution >= 4 is 23.6 Å². The molecule has 0 unspecified atom stereocenters. The van der Waals surface area contributed by atoms with E-state index >= 15 is 0 Å². The first-order valence-electron chi connectivity index (χ1n) is 6.21. The zero-order valence-electron chi connectivity index (χ0n) is 11.1. The Bertz CT molecular complexity index is 769. The molecule has 20 heavy (non-hydrogen) atoms. The molecule has 0 aliphatic rings. The number of H-pyrrole nitrogens is 1. The molecule has 0 fully saturated rings. The highest BCUT2D eigenvalue weighted by atomic mass is 32.1. The van der Waals surface area contributed by atoms with E-state index in [1.54, 1.807) is 17.5 Å². The largest absolute Gasteiger partial charge is 0.297 e. The van der Waals surface area contributed by atoms with Crippen molar-refractivity contribution in [2.24, 2.45) is 0 Å². The van der Waals surface area contributed by atoms with Crippen molar-refractivity contribution in [3.8, 4) is 21.4 Å². The van der Waals surface area contributed by atoms with Gasteiger partial charge in [0.2, 0.25) is 0 Å². The van der Waals surface area contributed by atoms with E-state index in [0.717, 1.165) is 21.4 Å². The summed E-state index contributed by atoms with van der Waals surface area (Å²) in [5, 5.41) is 8.03. The minimum absolute atomic E-state index is 0.247. The molecule has 0 atom stereocenters. The second kappa shape index (κ2) is 5.26. The van der Waals surface area contributed by atoms with Crippen molar-refractivity contribution in [2.45, 2.75) is 19.9 Å². The van der Waals surface area contributed by atoms with Gasteiger partial charge in [-0.05, 0) is 38.2 Å². The van der Waals surface area contributed by atoms with Gasteiger partial charge in [-0.1, -0.05) is 6.07 Å². The van der Waals surface area contributed by atoms with E-state index < -0.39 is 0 Å². The van der Waals surface area contributed by atoms with Crippen LogP contribution in [0.1, 0.15) is 19.9 Å². The number of pyridine rings is 1. The van der Waals surface area contributed by atoms with E-state index in [-0.39, 0.29) is 6.04 Å². The number of nitrogens with zero attached hydrogens (tertiary/aromatic N) is 4. The molecule has 7 heteroatoms. The Balaban J connectivity index is 2.05. The molecule has 0 saturated carbocycles. The number of hydrogen-bond acceptors (Lipinski definition) is 5. The van der Waals surface area contributed by atoms with Gasteiger partial charge in [0.15, 0.2) is 10.6 Å². The summed E-state index contributed by atoms with van der Waals surface area (Å²) >= 11 is 6.83. The summed E-state index contributed by atoms with van der Waals surface area (Å²) in [7, 11) is 0. The van der Waals surface area contributed by atoms with Crippen LogP contribution in [0.5, 0.6) is 0 Å². The third-order valence-corrected chi connectivity index (χ3v) is 4.13. The first kappa shape index (κ1) is 13.1. The van der Waals surface area contributed by atoms with E-state index in [1.807, 2.05) is 29.0 Å². The molecule has 0 radical (unpaired) electrons. The van der Waals surface area contributed by atoms with Gasteiger partial charge in [0.1, 0.15) is 5.01 Å². The standard InChI is InChI=1S/C13H13N5S2/c1-8(2)18-11(16-17-13(18)19)10-7-15-12(20-10)9-5-3-4-6-14-9/h3-8H,1-2H3,(H,17,19). The summed E-state index contributed by atoms with van der Waals surface area (Å²) in [6.07, 6.45) is 3.58. The predicted octanol–water partition coefficient (Wildman–Crippen LogP) is 3.71. The average Bonchev–Trinajstić information content (AvgIpc) is 3.05. The van der Waals surface area contributed by atoms with Crippen molar-refractivity contribution in [1.29, 1.82) is 0 Å². The summed E-state index contributed by atoms with van der Waals surface area (Å²) in [5.74, 6) is 0.824. The summed E-state index contributed by atoms with van der Waals surface area (Å²) in [6.45, 7) is 4.16. The molecule has 0 aromatic carbocycles. The second-order valence-electron chi connectivity index (χ2n) is 4.56. The quantitative estimate of drug-likeness (QED) is 0.749. The number of aromatic nitrogens is 5. The summed E-state index contributed by atoms with van der Waals surface area (Å²) in [4.78, 5) is 9.72. The van der Waals surface area contributed by atoms with Gasteiger partial charge in [0, 0.05) is 18.4 Å². The van der Waals surface area contributed by atoms with Crippen LogP contribution in [0.4, 0.5) is 0 Å². The lowest BCUT2D eigenvalue weighted by atomic mass is 10.3. The minimum Gasteiger partial charge on any atom is -0.297 e. The molecule has 0 bridgehead atoms. The number of hydrogen-bond donors (Lipinski definition) is 1. The lowest BCUT2D eigenvalue weighted by Crippen LogP contribution is -2.02. The lowest BCUT2D eigenvalue weighted by Gasteiger charge is -2.08. The molecule has 5 nitrogen and oxygen atoms in total. The Morgan fingerprint density at radius 3 is 2.85 bits per heavy atom. The SMILES string of the molecule is CC(C)n1c(-c2cnc(-c3ccccn3)s2)n[nH]c1=S. The zero-order valence-corrected chi connectivity index (χ0v) is 12.7. The molecule has 3 aromatic heterocycles. The van der Waals surface area contributed by atoms with Crippen molar-refractivity contribution in [2.75, 3.05) is 0 Å². The summed E-state index contributed by atoms with van der Waals surface area (Å²) < 4.78 is 2.62. The molecule has 3 aromatic rings. The van der Waals surface area contributed by atoms with Gasteiger partial charge < -0.3 is 0 Å². The molecule has 1 N–H and O–H groups in total.